The van der Waals surface area contributed by atoms with Gasteiger partial charge < -0.3 is 15.2 Å². The number of methoxy groups -OCH3 is 1. The summed E-state index contributed by atoms with van der Waals surface area (Å²) < 4.78 is 4.33. The molecule has 0 saturated carbocycles. The first-order valence-electron chi connectivity index (χ1n) is 3.75. The third kappa shape index (κ3) is 7.41. The molecule has 0 aromatic carbocycles. The number of rotatable bonds is 5. The Morgan fingerprint density at radius 2 is 2.07 bits per heavy atom. The molecule has 1 amide bonds. The van der Waals surface area contributed by atoms with Gasteiger partial charge in [-0.3, -0.25) is 9.59 Å². The lowest BCUT2D eigenvalue weighted by Gasteiger charge is -2.00. The molecule has 0 bridgehead atoms. The number of carboxylic acids is 1. The molecule has 0 atom stereocenters. The molecule has 0 aliphatic carbocycles. The number of nitrogens with one attached hydrogen (secondary N) is 1. The molecule has 0 heterocycles. The molecule has 0 aliphatic heterocycles. The quantitative estimate of drug-likeness (QED) is 0.638. The molecule has 0 radical (unpaired) electrons. The molecule has 2 N–H and O–H groups in total. The Morgan fingerprint density at radius 1 is 1.43 bits per heavy atom. The second kappa shape index (κ2) is 7.19. The first kappa shape index (κ1) is 12.8. The van der Waals surface area contributed by atoms with Crippen molar-refractivity contribution in [1.82, 2.24) is 5.32 Å². The summed E-state index contributed by atoms with van der Waals surface area (Å²) in [5.41, 5.74) is 0. The minimum Gasteiger partial charge on any atom is -0.480 e. The highest BCUT2D eigenvalue weighted by Crippen LogP contribution is 2.05. The number of ether oxygens (including phenoxy) is 1. The standard InChI is InChI=1S/C7H11NO5S/c1-13-7(12)14-3-2-5(9)8-4-6(10)11/h2-4H2,1H3,(H,8,9)(H,10,11). The van der Waals surface area contributed by atoms with E-state index in [1.165, 1.54) is 7.11 Å². The summed E-state index contributed by atoms with van der Waals surface area (Å²) in [7, 11) is 1.25. The molecule has 0 unspecified atom stereocenters. The Morgan fingerprint density at radius 3 is 2.57 bits per heavy atom. The highest BCUT2D eigenvalue weighted by Gasteiger charge is 2.06. The Bertz CT molecular complexity index is 230. The minimum absolute atomic E-state index is 0.0903. The average Bonchev–Trinajstić information content (AvgIpc) is 2.14. The lowest BCUT2D eigenvalue weighted by molar-refractivity contribution is -0.137. The Hall–Kier alpha value is -1.24. The molecular weight excluding hydrogens is 210 g/mol. The fraction of sp³-hybridized carbons (Fsp3) is 0.571. The summed E-state index contributed by atoms with van der Waals surface area (Å²) in [4.78, 5) is 31.5. The van der Waals surface area contributed by atoms with Gasteiger partial charge in [0, 0.05) is 12.2 Å². The number of carbonyl (C=O) groups excluding carboxylic acids is 2. The van der Waals surface area contributed by atoms with Gasteiger partial charge in [0.1, 0.15) is 6.54 Å². The molecule has 14 heavy (non-hydrogen) atoms. The van der Waals surface area contributed by atoms with Crippen molar-refractivity contribution in [3.05, 3.63) is 0 Å². The van der Waals surface area contributed by atoms with Crippen molar-refractivity contribution < 1.29 is 24.2 Å². The Balaban J connectivity index is 3.45. The predicted octanol–water partition coefficient (Wildman–Crippen LogP) is 0.0769. The van der Waals surface area contributed by atoms with Crippen molar-refractivity contribution in [3.63, 3.8) is 0 Å². The van der Waals surface area contributed by atoms with Gasteiger partial charge in [-0.1, -0.05) is 0 Å². The normalized spacial score (nSPS) is 9.21. The largest absolute Gasteiger partial charge is 0.480 e. The zero-order valence-corrected chi connectivity index (χ0v) is 8.43. The van der Waals surface area contributed by atoms with Crippen LogP contribution in [0.25, 0.3) is 0 Å². The summed E-state index contributed by atoms with van der Waals surface area (Å²) in [5, 5.41) is 9.93. The molecule has 0 aliphatic rings. The van der Waals surface area contributed by atoms with Crippen LogP contribution in [0.1, 0.15) is 6.42 Å². The third-order valence-corrected chi connectivity index (χ3v) is 1.96. The Kier molecular flexibility index (Phi) is 6.55. The van der Waals surface area contributed by atoms with Crippen LogP contribution in [-0.2, 0) is 14.3 Å². The fourth-order valence-corrected chi connectivity index (χ4v) is 1.12. The van der Waals surface area contributed by atoms with Crippen molar-refractivity contribution >= 4 is 28.9 Å². The summed E-state index contributed by atoms with van der Waals surface area (Å²) in [6.07, 6.45) is 0.0903. The van der Waals surface area contributed by atoms with Gasteiger partial charge in [0.15, 0.2) is 0 Å². The zero-order valence-electron chi connectivity index (χ0n) is 7.61. The number of carbonyl (C=O) groups is 3. The minimum atomic E-state index is -1.10. The lowest BCUT2D eigenvalue weighted by Crippen LogP contribution is -2.29. The van der Waals surface area contributed by atoms with E-state index in [-0.39, 0.29) is 12.2 Å². The summed E-state index contributed by atoms with van der Waals surface area (Å²) in [6, 6.07) is 0. The monoisotopic (exact) mass is 221 g/mol. The van der Waals surface area contributed by atoms with Crippen LogP contribution in [0, 0.1) is 0 Å². The van der Waals surface area contributed by atoms with E-state index in [1.54, 1.807) is 0 Å². The van der Waals surface area contributed by atoms with E-state index < -0.39 is 23.7 Å². The van der Waals surface area contributed by atoms with E-state index in [4.69, 9.17) is 5.11 Å². The van der Waals surface area contributed by atoms with Crippen LogP contribution in [-0.4, -0.2) is 41.7 Å². The van der Waals surface area contributed by atoms with Gasteiger partial charge in [0.2, 0.25) is 5.91 Å². The Labute approximate surface area is 85.0 Å². The highest BCUT2D eigenvalue weighted by molar-refractivity contribution is 8.13. The number of amides is 1. The van der Waals surface area contributed by atoms with Crippen molar-refractivity contribution in [3.8, 4) is 0 Å². The van der Waals surface area contributed by atoms with Crippen LogP contribution in [0.5, 0.6) is 0 Å². The number of hydrogen-bond acceptors (Lipinski definition) is 5. The topological polar surface area (TPSA) is 92.7 Å². The van der Waals surface area contributed by atoms with Crippen molar-refractivity contribution in [1.29, 1.82) is 0 Å². The van der Waals surface area contributed by atoms with E-state index >= 15 is 0 Å². The maximum Gasteiger partial charge on any atom is 0.367 e. The molecule has 0 aromatic heterocycles. The number of thioether (sulfide) groups is 1. The van der Waals surface area contributed by atoms with E-state index in [0.717, 1.165) is 11.8 Å². The van der Waals surface area contributed by atoms with Gasteiger partial charge in [-0.25, -0.2) is 4.79 Å². The lowest BCUT2D eigenvalue weighted by atomic mass is 10.4. The molecule has 0 fully saturated rings. The molecule has 0 spiro atoms. The second-order valence-electron chi connectivity index (χ2n) is 2.22. The molecule has 0 saturated heterocycles. The molecule has 0 aromatic rings. The van der Waals surface area contributed by atoms with Gasteiger partial charge in [0.25, 0.3) is 0 Å². The molecule has 80 valence electrons. The number of aliphatic carboxylic acids is 1. The summed E-state index contributed by atoms with van der Waals surface area (Å²) in [6.45, 7) is -0.401. The van der Waals surface area contributed by atoms with Crippen LogP contribution < -0.4 is 5.32 Å². The first-order valence-corrected chi connectivity index (χ1v) is 4.74. The van der Waals surface area contributed by atoms with E-state index in [2.05, 4.69) is 10.1 Å². The van der Waals surface area contributed by atoms with E-state index in [0.29, 0.717) is 0 Å². The van der Waals surface area contributed by atoms with E-state index in [1.807, 2.05) is 0 Å². The van der Waals surface area contributed by atoms with Gasteiger partial charge in [0.05, 0.1) is 7.11 Å². The fourth-order valence-electron chi connectivity index (χ4n) is 0.549. The van der Waals surface area contributed by atoms with Crippen molar-refractivity contribution in [2.24, 2.45) is 0 Å². The van der Waals surface area contributed by atoms with Crippen molar-refractivity contribution in [2.75, 3.05) is 19.4 Å². The summed E-state index contributed by atoms with van der Waals surface area (Å²) >= 11 is 0.870. The van der Waals surface area contributed by atoms with Crippen LogP contribution in [0.2, 0.25) is 0 Å². The second-order valence-corrected chi connectivity index (χ2v) is 3.25. The van der Waals surface area contributed by atoms with Gasteiger partial charge in [-0.15, -0.1) is 0 Å². The van der Waals surface area contributed by atoms with Crippen LogP contribution >= 0.6 is 11.8 Å². The smallest absolute Gasteiger partial charge is 0.367 e. The SMILES string of the molecule is COC(=O)SCCC(=O)NCC(=O)O. The van der Waals surface area contributed by atoms with Crippen LogP contribution in [0.15, 0.2) is 0 Å². The molecule has 7 heteroatoms. The molecule has 0 rings (SSSR count). The number of carboxylic acid groups (broad SMARTS) is 1. The third-order valence-electron chi connectivity index (χ3n) is 1.15. The highest BCUT2D eigenvalue weighted by atomic mass is 32.2. The maximum atomic E-state index is 10.9. The van der Waals surface area contributed by atoms with Gasteiger partial charge >= 0.3 is 11.3 Å². The maximum absolute atomic E-state index is 10.9. The molecule has 6 nitrogen and oxygen atoms in total. The average molecular weight is 221 g/mol. The van der Waals surface area contributed by atoms with Gasteiger partial charge in [-0.05, 0) is 11.8 Å². The van der Waals surface area contributed by atoms with Crippen LogP contribution in [0.3, 0.4) is 0 Å². The summed E-state index contributed by atoms with van der Waals surface area (Å²) in [5.74, 6) is -1.22. The molecular formula is C7H11NO5S. The predicted molar refractivity (Wildman–Crippen MR) is 50.1 cm³/mol. The van der Waals surface area contributed by atoms with Gasteiger partial charge in [-0.2, -0.15) is 0 Å². The van der Waals surface area contributed by atoms with Crippen molar-refractivity contribution in [2.45, 2.75) is 6.42 Å². The first-order chi connectivity index (χ1) is 6.56. The number of hydrogen-bond donors (Lipinski definition) is 2. The van der Waals surface area contributed by atoms with Crippen LogP contribution in [0.4, 0.5) is 4.79 Å². The zero-order chi connectivity index (χ0) is 11.0. The van der Waals surface area contributed by atoms with E-state index in [9.17, 15) is 14.4 Å².